The summed E-state index contributed by atoms with van der Waals surface area (Å²) in [7, 11) is 0. The summed E-state index contributed by atoms with van der Waals surface area (Å²) in [6, 6.07) is 6.24. The Morgan fingerprint density at radius 1 is 1.00 bits per heavy atom. The second kappa shape index (κ2) is 8.26. The molecule has 0 aliphatic carbocycles. The van der Waals surface area contributed by atoms with E-state index in [1.165, 1.54) is 30.6 Å². The highest BCUT2D eigenvalue weighted by molar-refractivity contribution is 7.96. The van der Waals surface area contributed by atoms with Crippen LogP contribution >= 0.6 is 12.6 Å². The number of benzene rings is 1. The number of hydrogen-bond acceptors (Lipinski definition) is 5. The Kier molecular flexibility index (Phi) is 6.07. The number of carbonyl (C=O) groups excluding carboxylic acids is 2. The van der Waals surface area contributed by atoms with Crippen molar-refractivity contribution < 1.29 is 29.4 Å². The second-order valence-electron chi connectivity index (χ2n) is 5.31. The van der Waals surface area contributed by atoms with Crippen LogP contribution < -0.4 is 5.32 Å². The van der Waals surface area contributed by atoms with Gasteiger partial charge < -0.3 is 15.5 Å². The van der Waals surface area contributed by atoms with E-state index in [1.807, 2.05) is 0 Å². The number of carbonyl (C=O) groups is 4. The van der Waals surface area contributed by atoms with Crippen LogP contribution in [0.25, 0.3) is 11.1 Å². The molecule has 3 N–H and O–H groups in total. The van der Waals surface area contributed by atoms with Crippen LogP contribution in [0.4, 0.5) is 0 Å². The Bertz CT molecular complexity index is 866. The lowest BCUT2D eigenvalue weighted by molar-refractivity contribution is -0.138. The van der Waals surface area contributed by atoms with E-state index in [-0.39, 0.29) is 11.1 Å². The average Bonchev–Trinajstić information content (AvgIpc) is 2.60. The lowest BCUT2D eigenvalue weighted by Gasteiger charge is -2.13. The van der Waals surface area contributed by atoms with E-state index < -0.39 is 35.4 Å². The molecule has 26 heavy (non-hydrogen) atoms. The molecular formula is C17H14N2O6S. The monoisotopic (exact) mass is 374 g/mol. The third-order valence-electron chi connectivity index (χ3n) is 3.45. The summed E-state index contributed by atoms with van der Waals surface area (Å²) < 4.78 is 0. The maximum atomic E-state index is 12.3. The lowest BCUT2D eigenvalue weighted by Crippen LogP contribution is -2.40. The summed E-state index contributed by atoms with van der Waals surface area (Å²) in [5, 5.41) is 19.2. The summed E-state index contributed by atoms with van der Waals surface area (Å²) in [5.41, 5.74) is 1.44. The van der Waals surface area contributed by atoms with Gasteiger partial charge in [0.05, 0.1) is 17.5 Å². The second-order valence-corrected chi connectivity index (χ2v) is 5.75. The maximum absolute atomic E-state index is 12.3. The van der Waals surface area contributed by atoms with Crippen LogP contribution in [0, 0.1) is 0 Å². The van der Waals surface area contributed by atoms with Gasteiger partial charge in [-0.15, -0.1) is 12.6 Å². The van der Waals surface area contributed by atoms with Gasteiger partial charge in [0.15, 0.2) is 0 Å². The Hall–Kier alpha value is -3.20. The third kappa shape index (κ3) is 4.90. The van der Waals surface area contributed by atoms with Gasteiger partial charge in [-0.3, -0.25) is 19.4 Å². The van der Waals surface area contributed by atoms with Gasteiger partial charge in [-0.25, -0.2) is 4.79 Å². The predicted octanol–water partition coefficient (Wildman–Crippen LogP) is 1.48. The topological polar surface area (TPSA) is 134 Å². The standard InChI is InChI=1S/C17H14N2O6S/c20-14(21)6-13(17(25)26)19-15(22)12-5-11(7-18-8-12)9-1-3-10(4-2-9)16(23)24/h1-5,7-8,13H,6H2,(H,19,22)(H,20,21)(H,23,24)(H,25,26)/t13-/m0/s1. The fourth-order valence-electron chi connectivity index (χ4n) is 2.14. The van der Waals surface area contributed by atoms with E-state index in [0.717, 1.165) is 0 Å². The molecular weight excluding hydrogens is 360 g/mol. The highest BCUT2D eigenvalue weighted by Crippen LogP contribution is 2.20. The van der Waals surface area contributed by atoms with Gasteiger partial charge >= 0.3 is 11.9 Å². The third-order valence-corrected chi connectivity index (χ3v) is 3.76. The van der Waals surface area contributed by atoms with Gasteiger partial charge in [0.25, 0.3) is 5.91 Å². The SMILES string of the molecule is O=C(O)C[C@H](NC(=O)c1cncc(-c2ccc(C(=O)O)cc2)c1)C(=O)S. The number of aromatic carboxylic acids is 1. The number of nitrogens with zero attached hydrogens (tertiary/aromatic N) is 1. The fourth-order valence-corrected chi connectivity index (χ4v) is 2.30. The van der Waals surface area contributed by atoms with Crippen LogP contribution in [0.15, 0.2) is 42.7 Å². The molecule has 0 unspecified atom stereocenters. The quantitative estimate of drug-likeness (QED) is 0.539. The normalized spacial score (nSPS) is 11.4. The number of carboxylic acid groups (broad SMARTS) is 2. The van der Waals surface area contributed by atoms with Crippen LogP contribution in [-0.4, -0.2) is 44.2 Å². The molecule has 0 fully saturated rings. The molecule has 1 atom stereocenters. The van der Waals surface area contributed by atoms with Crippen molar-refractivity contribution in [3.8, 4) is 11.1 Å². The first kappa shape index (κ1) is 19.1. The largest absolute Gasteiger partial charge is 0.481 e. The number of amides is 1. The van der Waals surface area contributed by atoms with Gasteiger partial charge in [0.2, 0.25) is 5.12 Å². The van der Waals surface area contributed by atoms with Gasteiger partial charge in [-0.2, -0.15) is 0 Å². The summed E-state index contributed by atoms with van der Waals surface area (Å²) in [6.07, 6.45) is 2.17. The summed E-state index contributed by atoms with van der Waals surface area (Å²) in [6.45, 7) is 0. The van der Waals surface area contributed by atoms with Crippen LogP contribution in [0.2, 0.25) is 0 Å². The maximum Gasteiger partial charge on any atom is 0.335 e. The van der Waals surface area contributed by atoms with Crippen molar-refractivity contribution in [1.82, 2.24) is 10.3 Å². The molecule has 0 aliphatic heterocycles. The molecule has 134 valence electrons. The minimum absolute atomic E-state index is 0.120. The smallest absolute Gasteiger partial charge is 0.335 e. The number of pyridine rings is 1. The molecule has 1 aromatic heterocycles. The zero-order valence-electron chi connectivity index (χ0n) is 13.2. The number of carboxylic acids is 2. The minimum atomic E-state index is -1.26. The van der Waals surface area contributed by atoms with Crippen molar-refractivity contribution in [3.05, 3.63) is 53.9 Å². The minimum Gasteiger partial charge on any atom is -0.481 e. The van der Waals surface area contributed by atoms with Gasteiger partial charge in [0, 0.05) is 18.0 Å². The van der Waals surface area contributed by atoms with Crippen molar-refractivity contribution in [2.24, 2.45) is 0 Å². The van der Waals surface area contributed by atoms with Crippen molar-refractivity contribution in [2.75, 3.05) is 0 Å². The Labute approximate surface area is 153 Å². The fraction of sp³-hybridized carbons (Fsp3) is 0.118. The molecule has 2 aromatic rings. The Morgan fingerprint density at radius 3 is 2.19 bits per heavy atom. The zero-order valence-corrected chi connectivity index (χ0v) is 14.1. The summed E-state index contributed by atoms with van der Waals surface area (Å²) in [4.78, 5) is 49.2. The van der Waals surface area contributed by atoms with Crippen molar-refractivity contribution in [2.45, 2.75) is 12.5 Å². The van der Waals surface area contributed by atoms with E-state index in [4.69, 9.17) is 10.2 Å². The highest BCUT2D eigenvalue weighted by Gasteiger charge is 2.22. The first-order valence-corrected chi connectivity index (χ1v) is 7.77. The van der Waals surface area contributed by atoms with E-state index in [9.17, 15) is 19.2 Å². The zero-order chi connectivity index (χ0) is 19.3. The van der Waals surface area contributed by atoms with Crippen molar-refractivity contribution in [1.29, 1.82) is 0 Å². The number of hydrogen-bond donors (Lipinski definition) is 4. The molecule has 8 nitrogen and oxygen atoms in total. The van der Waals surface area contributed by atoms with E-state index in [0.29, 0.717) is 11.1 Å². The number of thiol groups is 1. The first-order valence-electron chi connectivity index (χ1n) is 7.32. The Morgan fingerprint density at radius 2 is 1.65 bits per heavy atom. The van der Waals surface area contributed by atoms with Gasteiger partial charge in [-0.1, -0.05) is 12.1 Å². The number of aliphatic carboxylic acids is 1. The van der Waals surface area contributed by atoms with E-state index in [1.54, 1.807) is 12.1 Å². The van der Waals surface area contributed by atoms with Crippen LogP contribution in [0.5, 0.6) is 0 Å². The Balaban J connectivity index is 2.22. The number of rotatable bonds is 7. The molecule has 0 saturated carbocycles. The molecule has 1 heterocycles. The highest BCUT2D eigenvalue weighted by atomic mass is 32.1. The molecule has 1 aromatic carbocycles. The number of aromatic nitrogens is 1. The molecule has 0 spiro atoms. The lowest BCUT2D eigenvalue weighted by atomic mass is 10.0. The molecule has 0 bridgehead atoms. The molecule has 0 aliphatic rings. The predicted molar refractivity (Wildman–Crippen MR) is 94.1 cm³/mol. The summed E-state index contributed by atoms with van der Waals surface area (Å²) >= 11 is 3.58. The molecule has 0 radical (unpaired) electrons. The molecule has 9 heteroatoms. The van der Waals surface area contributed by atoms with E-state index >= 15 is 0 Å². The summed E-state index contributed by atoms with van der Waals surface area (Å²) in [5.74, 6) is -2.97. The molecule has 2 rings (SSSR count). The molecule has 1 amide bonds. The van der Waals surface area contributed by atoms with Crippen LogP contribution in [-0.2, 0) is 9.59 Å². The van der Waals surface area contributed by atoms with Crippen LogP contribution in [0.3, 0.4) is 0 Å². The van der Waals surface area contributed by atoms with Crippen molar-refractivity contribution in [3.63, 3.8) is 0 Å². The van der Waals surface area contributed by atoms with Crippen molar-refractivity contribution >= 4 is 35.6 Å². The van der Waals surface area contributed by atoms with Gasteiger partial charge in [0.1, 0.15) is 6.04 Å². The number of nitrogens with one attached hydrogen (secondary N) is 1. The molecule has 0 saturated heterocycles. The average molecular weight is 374 g/mol. The first-order chi connectivity index (χ1) is 12.3. The van der Waals surface area contributed by atoms with Gasteiger partial charge in [-0.05, 0) is 23.8 Å². The van der Waals surface area contributed by atoms with Crippen LogP contribution in [0.1, 0.15) is 27.1 Å². The van der Waals surface area contributed by atoms with E-state index in [2.05, 4.69) is 22.9 Å².